The van der Waals surface area contributed by atoms with Crippen molar-refractivity contribution in [3.8, 4) is 11.3 Å². The number of carbonyl (C=O) groups is 2. The highest BCUT2D eigenvalue weighted by atomic mass is 35.5. The summed E-state index contributed by atoms with van der Waals surface area (Å²) >= 11 is 7.30. The number of hydrogen-bond acceptors (Lipinski definition) is 4. The minimum Gasteiger partial charge on any atom is -0.331 e. The lowest BCUT2D eigenvalue weighted by Crippen LogP contribution is -2.49. The predicted molar refractivity (Wildman–Crippen MR) is 105 cm³/mol. The Bertz CT molecular complexity index is 775. The minimum absolute atomic E-state index is 0.0633. The van der Waals surface area contributed by atoms with Crippen LogP contribution in [0.4, 0.5) is 5.13 Å². The zero-order chi connectivity index (χ0) is 18.5. The molecule has 1 N–H and O–H groups in total. The number of piperidine rings is 1. The third kappa shape index (κ3) is 4.43. The molecule has 0 spiro atoms. The van der Waals surface area contributed by atoms with Crippen molar-refractivity contribution in [1.29, 1.82) is 0 Å². The first-order valence-electron chi connectivity index (χ1n) is 8.90. The van der Waals surface area contributed by atoms with Crippen molar-refractivity contribution >= 4 is 39.9 Å². The van der Waals surface area contributed by atoms with Crippen LogP contribution in [-0.4, -0.2) is 34.3 Å². The smallest absolute Gasteiger partial charge is 0.248 e. The Labute approximate surface area is 162 Å². The van der Waals surface area contributed by atoms with E-state index in [1.54, 1.807) is 4.90 Å². The van der Waals surface area contributed by atoms with E-state index < -0.39 is 6.04 Å². The highest BCUT2D eigenvalue weighted by Gasteiger charge is 2.31. The first kappa shape index (κ1) is 18.9. The molecule has 138 valence electrons. The zero-order valence-electron chi connectivity index (χ0n) is 14.7. The molecule has 2 heterocycles. The van der Waals surface area contributed by atoms with Gasteiger partial charge in [-0.05, 0) is 37.8 Å². The van der Waals surface area contributed by atoms with E-state index >= 15 is 0 Å². The number of nitrogens with zero attached hydrogens (tertiary/aromatic N) is 2. The lowest BCUT2D eigenvalue weighted by Gasteiger charge is -2.34. The van der Waals surface area contributed by atoms with Crippen LogP contribution in [0.2, 0.25) is 5.02 Å². The largest absolute Gasteiger partial charge is 0.331 e. The fourth-order valence-corrected chi connectivity index (χ4v) is 3.98. The second-order valence-electron chi connectivity index (χ2n) is 6.38. The van der Waals surface area contributed by atoms with Crippen molar-refractivity contribution in [2.45, 2.75) is 45.1 Å². The van der Waals surface area contributed by atoms with Gasteiger partial charge in [0.1, 0.15) is 6.04 Å². The first-order chi connectivity index (χ1) is 12.6. The van der Waals surface area contributed by atoms with Crippen LogP contribution in [0.1, 0.15) is 39.0 Å². The molecule has 1 aromatic heterocycles. The molecule has 1 unspecified atom stereocenters. The molecule has 0 saturated carbocycles. The van der Waals surface area contributed by atoms with Gasteiger partial charge in [0.05, 0.1) is 5.69 Å². The Kier molecular flexibility index (Phi) is 6.27. The molecule has 1 atom stereocenters. The third-order valence-electron chi connectivity index (χ3n) is 4.46. The van der Waals surface area contributed by atoms with Gasteiger partial charge in [-0.15, -0.1) is 11.3 Å². The van der Waals surface area contributed by atoms with Crippen molar-refractivity contribution in [2.24, 2.45) is 0 Å². The van der Waals surface area contributed by atoms with Gasteiger partial charge in [0.25, 0.3) is 0 Å². The predicted octanol–water partition coefficient (Wildman–Crippen LogP) is 4.58. The highest BCUT2D eigenvalue weighted by molar-refractivity contribution is 7.14. The lowest BCUT2D eigenvalue weighted by atomic mass is 10.0. The summed E-state index contributed by atoms with van der Waals surface area (Å²) in [6, 6.07) is 7.03. The second-order valence-corrected chi connectivity index (χ2v) is 7.68. The number of carbonyl (C=O) groups excluding carboxylic acids is 2. The summed E-state index contributed by atoms with van der Waals surface area (Å²) < 4.78 is 0. The van der Waals surface area contributed by atoms with Gasteiger partial charge < -0.3 is 10.2 Å². The maximum Gasteiger partial charge on any atom is 0.248 e. The summed E-state index contributed by atoms with van der Waals surface area (Å²) in [5.41, 5.74) is 1.74. The van der Waals surface area contributed by atoms with Crippen LogP contribution in [-0.2, 0) is 9.59 Å². The summed E-state index contributed by atoms with van der Waals surface area (Å²) in [7, 11) is 0. The standard InChI is InChI=1S/C19H22ClN3O2S/c1-2-5-17(24)23-11-4-3-6-16(23)18(25)22-19-21-15(12-26-19)13-7-9-14(20)10-8-13/h7-10,12,16H,2-6,11H2,1H3,(H,21,22,25). The molecule has 5 nitrogen and oxygen atoms in total. The number of amides is 2. The van der Waals surface area contributed by atoms with E-state index in [1.807, 2.05) is 36.6 Å². The SMILES string of the molecule is CCCC(=O)N1CCCCC1C(=O)Nc1nc(-c2ccc(Cl)cc2)cs1. The molecule has 7 heteroatoms. The molecular weight excluding hydrogens is 370 g/mol. The maximum atomic E-state index is 12.7. The van der Waals surface area contributed by atoms with Crippen LogP contribution in [0.5, 0.6) is 0 Å². The topological polar surface area (TPSA) is 62.3 Å². The average Bonchev–Trinajstić information content (AvgIpc) is 3.11. The van der Waals surface area contributed by atoms with Crippen LogP contribution in [0.25, 0.3) is 11.3 Å². The average molecular weight is 392 g/mol. The van der Waals surface area contributed by atoms with Gasteiger partial charge in [-0.1, -0.05) is 30.7 Å². The number of rotatable bonds is 5. The van der Waals surface area contributed by atoms with Gasteiger partial charge >= 0.3 is 0 Å². The molecule has 1 aliphatic heterocycles. The summed E-state index contributed by atoms with van der Waals surface area (Å²) in [6.45, 7) is 2.63. The molecule has 3 rings (SSSR count). The molecule has 0 radical (unpaired) electrons. The number of hydrogen-bond donors (Lipinski definition) is 1. The fraction of sp³-hybridized carbons (Fsp3) is 0.421. The van der Waals surface area contributed by atoms with Gasteiger partial charge in [0.15, 0.2) is 5.13 Å². The van der Waals surface area contributed by atoms with E-state index in [9.17, 15) is 9.59 Å². The van der Waals surface area contributed by atoms with Crippen molar-refractivity contribution in [3.05, 3.63) is 34.7 Å². The maximum absolute atomic E-state index is 12.7. The molecule has 2 amide bonds. The summed E-state index contributed by atoms with van der Waals surface area (Å²) in [4.78, 5) is 31.2. The summed E-state index contributed by atoms with van der Waals surface area (Å²) in [5, 5.41) is 6.01. The molecule has 0 aliphatic carbocycles. The van der Waals surface area contributed by atoms with E-state index in [-0.39, 0.29) is 11.8 Å². The Hall–Kier alpha value is -1.92. The van der Waals surface area contributed by atoms with Crippen molar-refractivity contribution in [3.63, 3.8) is 0 Å². The van der Waals surface area contributed by atoms with E-state index in [2.05, 4.69) is 10.3 Å². The van der Waals surface area contributed by atoms with Gasteiger partial charge in [-0.3, -0.25) is 9.59 Å². The number of benzene rings is 1. The molecule has 1 fully saturated rings. The Morgan fingerprint density at radius 2 is 2.08 bits per heavy atom. The number of thiazole rings is 1. The van der Waals surface area contributed by atoms with Crippen molar-refractivity contribution in [1.82, 2.24) is 9.88 Å². The van der Waals surface area contributed by atoms with Crippen molar-refractivity contribution in [2.75, 3.05) is 11.9 Å². The van der Waals surface area contributed by atoms with Crippen LogP contribution in [0, 0.1) is 0 Å². The minimum atomic E-state index is -0.398. The number of nitrogens with one attached hydrogen (secondary N) is 1. The molecule has 1 aliphatic rings. The van der Waals surface area contributed by atoms with Crippen LogP contribution >= 0.6 is 22.9 Å². The quantitative estimate of drug-likeness (QED) is 0.811. The normalized spacial score (nSPS) is 17.2. The van der Waals surface area contributed by atoms with Crippen LogP contribution < -0.4 is 5.32 Å². The molecule has 1 saturated heterocycles. The van der Waals surface area contributed by atoms with Crippen LogP contribution in [0.15, 0.2) is 29.6 Å². The molecular formula is C19H22ClN3O2S. The zero-order valence-corrected chi connectivity index (χ0v) is 16.3. The number of halogens is 1. The van der Waals surface area contributed by atoms with Crippen LogP contribution in [0.3, 0.4) is 0 Å². The van der Waals surface area contributed by atoms with Crippen molar-refractivity contribution < 1.29 is 9.59 Å². The fourth-order valence-electron chi connectivity index (χ4n) is 3.13. The van der Waals surface area contributed by atoms with E-state index in [4.69, 9.17) is 11.6 Å². The molecule has 0 bridgehead atoms. The third-order valence-corrected chi connectivity index (χ3v) is 5.47. The molecule has 26 heavy (non-hydrogen) atoms. The van der Waals surface area contributed by atoms with Gasteiger partial charge in [0, 0.05) is 28.9 Å². The van der Waals surface area contributed by atoms with E-state index in [0.29, 0.717) is 29.5 Å². The summed E-state index contributed by atoms with van der Waals surface area (Å²) in [6.07, 6.45) is 3.90. The number of anilines is 1. The summed E-state index contributed by atoms with van der Waals surface area (Å²) in [5.74, 6) is -0.0838. The molecule has 1 aromatic carbocycles. The van der Waals surface area contributed by atoms with Gasteiger partial charge in [-0.25, -0.2) is 4.98 Å². The Morgan fingerprint density at radius 1 is 1.31 bits per heavy atom. The van der Waals surface area contributed by atoms with E-state index in [0.717, 1.165) is 30.5 Å². The van der Waals surface area contributed by atoms with Gasteiger partial charge in [-0.2, -0.15) is 0 Å². The molecule has 2 aromatic rings. The lowest BCUT2D eigenvalue weighted by molar-refractivity contribution is -0.140. The number of aromatic nitrogens is 1. The Morgan fingerprint density at radius 3 is 2.81 bits per heavy atom. The highest BCUT2D eigenvalue weighted by Crippen LogP contribution is 2.27. The second kappa shape index (κ2) is 8.64. The van der Waals surface area contributed by atoms with Gasteiger partial charge in [0.2, 0.25) is 11.8 Å². The number of likely N-dealkylation sites (tertiary alicyclic amines) is 1. The first-order valence-corrected chi connectivity index (χ1v) is 10.2. The Balaban J connectivity index is 1.69. The van der Waals surface area contributed by atoms with E-state index in [1.165, 1.54) is 11.3 Å². The monoisotopic (exact) mass is 391 g/mol.